The highest BCUT2D eigenvalue weighted by Crippen LogP contribution is 2.38. The van der Waals surface area contributed by atoms with Crippen LogP contribution in [-0.4, -0.2) is 5.78 Å². The number of hydrogen-bond donors (Lipinski definition) is 0. The van der Waals surface area contributed by atoms with Crippen molar-refractivity contribution in [3.05, 3.63) is 34.9 Å². The minimum absolute atomic E-state index is 0.191. The van der Waals surface area contributed by atoms with E-state index in [1.54, 1.807) is 0 Å². The van der Waals surface area contributed by atoms with E-state index in [0.29, 0.717) is 6.42 Å². The number of halogens is 2. The van der Waals surface area contributed by atoms with E-state index in [1.807, 2.05) is 6.92 Å². The number of rotatable bonds is 8. The number of unbranched alkanes of at least 4 members (excludes halogenated alkanes) is 2. The van der Waals surface area contributed by atoms with Gasteiger partial charge in [0, 0.05) is 6.42 Å². The van der Waals surface area contributed by atoms with E-state index in [0.717, 1.165) is 37.2 Å². The van der Waals surface area contributed by atoms with Crippen LogP contribution in [0, 0.1) is 17.6 Å². The number of benzene rings is 1. The van der Waals surface area contributed by atoms with E-state index < -0.39 is 17.4 Å². The van der Waals surface area contributed by atoms with Crippen LogP contribution in [0.5, 0.6) is 0 Å². The Morgan fingerprint density at radius 3 is 2.17 bits per heavy atom. The molecular formula is C21H30F2O. The topological polar surface area (TPSA) is 17.1 Å². The molecule has 0 unspecified atom stereocenters. The molecule has 0 saturated heterocycles. The molecular weight excluding hydrogens is 306 g/mol. The van der Waals surface area contributed by atoms with Crippen LogP contribution in [0.25, 0.3) is 0 Å². The summed E-state index contributed by atoms with van der Waals surface area (Å²) in [6.07, 6.45) is 10.2. The molecule has 0 atom stereocenters. The molecule has 1 aliphatic carbocycles. The number of carbonyl (C=O) groups excluding carboxylic acids is 1. The Balaban J connectivity index is 2.00. The molecule has 1 aromatic rings. The summed E-state index contributed by atoms with van der Waals surface area (Å²) in [5.74, 6) is -0.805. The SMILES string of the molecule is CCCCC[C@H]1CC[C@H](c2cc(F)c(C(=O)CCC)c(F)c2)CC1. The van der Waals surface area contributed by atoms with Crippen molar-refractivity contribution in [3.63, 3.8) is 0 Å². The summed E-state index contributed by atoms with van der Waals surface area (Å²) in [5.41, 5.74) is 0.374. The fourth-order valence-corrected chi connectivity index (χ4v) is 3.91. The molecule has 0 aliphatic heterocycles. The lowest BCUT2D eigenvalue weighted by Gasteiger charge is -2.29. The van der Waals surface area contributed by atoms with E-state index in [-0.39, 0.29) is 17.9 Å². The zero-order valence-corrected chi connectivity index (χ0v) is 15.0. The Labute approximate surface area is 144 Å². The van der Waals surface area contributed by atoms with Crippen LogP contribution in [-0.2, 0) is 0 Å². The minimum Gasteiger partial charge on any atom is -0.294 e. The Kier molecular flexibility index (Phi) is 7.39. The average molecular weight is 336 g/mol. The van der Waals surface area contributed by atoms with E-state index in [2.05, 4.69) is 6.92 Å². The molecule has 0 radical (unpaired) electrons. The maximum atomic E-state index is 14.3. The standard InChI is InChI=1S/C21H30F2O/c1-3-5-6-8-15-9-11-16(12-10-15)17-13-18(22)21(19(23)14-17)20(24)7-4-2/h13-16H,3-12H2,1-2H3/t15-,16-. The molecule has 0 aromatic heterocycles. The first-order valence-electron chi connectivity index (χ1n) is 9.58. The third kappa shape index (κ3) is 4.87. The third-order valence-corrected chi connectivity index (χ3v) is 5.35. The monoisotopic (exact) mass is 336 g/mol. The zero-order chi connectivity index (χ0) is 17.5. The van der Waals surface area contributed by atoms with Crippen LogP contribution in [0.1, 0.15) is 99.9 Å². The molecule has 0 spiro atoms. The van der Waals surface area contributed by atoms with Gasteiger partial charge in [-0.15, -0.1) is 0 Å². The van der Waals surface area contributed by atoms with Gasteiger partial charge in [-0.1, -0.05) is 39.5 Å². The highest BCUT2D eigenvalue weighted by molar-refractivity contribution is 5.96. The zero-order valence-electron chi connectivity index (χ0n) is 15.0. The van der Waals surface area contributed by atoms with Gasteiger partial charge >= 0.3 is 0 Å². The Bertz CT molecular complexity index is 522. The molecule has 1 nitrogen and oxygen atoms in total. The summed E-state index contributed by atoms with van der Waals surface area (Å²) in [6.45, 7) is 4.05. The molecule has 1 fully saturated rings. The summed E-state index contributed by atoms with van der Waals surface area (Å²) >= 11 is 0. The van der Waals surface area contributed by atoms with Gasteiger partial charge < -0.3 is 0 Å². The van der Waals surface area contributed by atoms with Gasteiger partial charge in [-0.2, -0.15) is 0 Å². The highest BCUT2D eigenvalue weighted by Gasteiger charge is 2.25. The normalized spacial score (nSPS) is 21.0. The molecule has 0 amide bonds. The maximum Gasteiger partial charge on any atom is 0.168 e. The maximum absolute atomic E-state index is 14.3. The molecule has 1 aromatic carbocycles. The van der Waals surface area contributed by atoms with Gasteiger partial charge in [0.05, 0.1) is 5.56 Å². The summed E-state index contributed by atoms with van der Waals surface area (Å²) < 4.78 is 28.5. The van der Waals surface area contributed by atoms with Crippen molar-refractivity contribution in [3.8, 4) is 0 Å². The van der Waals surface area contributed by atoms with Crippen molar-refractivity contribution in [2.75, 3.05) is 0 Å². The molecule has 1 saturated carbocycles. The summed E-state index contributed by atoms with van der Waals surface area (Å²) in [6, 6.07) is 2.79. The van der Waals surface area contributed by atoms with Crippen LogP contribution in [0.2, 0.25) is 0 Å². The fraction of sp³-hybridized carbons (Fsp3) is 0.667. The number of hydrogen-bond acceptors (Lipinski definition) is 1. The van der Waals surface area contributed by atoms with E-state index >= 15 is 0 Å². The van der Waals surface area contributed by atoms with Gasteiger partial charge in [-0.25, -0.2) is 8.78 Å². The van der Waals surface area contributed by atoms with Gasteiger partial charge in [0.15, 0.2) is 5.78 Å². The second-order valence-corrected chi connectivity index (χ2v) is 7.25. The second-order valence-electron chi connectivity index (χ2n) is 7.25. The van der Waals surface area contributed by atoms with Crippen LogP contribution in [0.15, 0.2) is 12.1 Å². The lowest BCUT2D eigenvalue weighted by Crippen LogP contribution is -2.15. The molecule has 24 heavy (non-hydrogen) atoms. The van der Waals surface area contributed by atoms with Gasteiger partial charge in [-0.05, 0) is 61.6 Å². The first kappa shape index (κ1) is 19.1. The fourth-order valence-electron chi connectivity index (χ4n) is 3.91. The predicted octanol–water partition coefficient (Wildman–Crippen LogP) is 6.80. The molecule has 3 heteroatoms. The van der Waals surface area contributed by atoms with Gasteiger partial charge in [-0.3, -0.25) is 4.79 Å². The molecule has 0 N–H and O–H groups in total. The Morgan fingerprint density at radius 1 is 1.00 bits per heavy atom. The molecule has 1 aliphatic rings. The average Bonchev–Trinajstić information content (AvgIpc) is 2.55. The second kappa shape index (κ2) is 9.29. The Hall–Kier alpha value is -1.25. The molecule has 2 rings (SSSR count). The largest absolute Gasteiger partial charge is 0.294 e. The molecule has 0 bridgehead atoms. The van der Waals surface area contributed by atoms with Gasteiger partial charge in [0.2, 0.25) is 0 Å². The predicted molar refractivity (Wildman–Crippen MR) is 94.4 cm³/mol. The van der Waals surface area contributed by atoms with Gasteiger partial charge in [0.25, 0.3) is 0 Å². The lowest BCUT2D eigenvalue weighted by molar-refractivity contribution is 0.0973. The van der Waals surface area contributed by atoms with Crippen molar-refractivity contribution >= 4 is 5.78 Å². The number of ketones is 1. The number of Topliss-reactive ketones (excluding diaryl/α,β-unsaturated/α-hetero) is 1. The van der Waals surface area contributed by atoms with Crippen molar-refractivity contribution in [1.29, 1.82) is 0 Å². The molecule has 0 heterocycles. The van der Waals surface area contributed by atoms with E-state index in [1.165, 1.54) is 37.8 Å². The summed E-state index contributed by atoms with van der Waals surface area (Å²) in [7, 11) is 0. The van der Waals surface area contributed by atoms with E-state index in [4.69, 9.17) is 0 Å². The summed E-state index contributed by atoms with van der Waals surface area (Å²) in [4.78, 5) is 11.9. The first-order chi connectivity index (χ1) is 11.6. The highest BCUT2D eigenvalue weighted by atomic mass is 19.1. The van der Waals surface area contributed by atoms with Crippen molar-refractivity contribution in [2.45, 2.75) is 84.0 Å². The molecule has 134 valence electrons. The summed E-state index contributed by atoms with van der Waals surface area (Å²) in [5, 5.41) is 0. The Morgan fingerprint density at radius 2 is 1.62 bits per heavy atom. The van der Waals surface area contributed by atoms with Crippen molar-refractivity contribution in [2.24, 2.45) is 5.92 Å². The first-order valence-corrected chi connectivity index (χ1v) is 9.58. The minimum atomic E-state index is -0.687. The third-order valence-electron chi connectivity index (χ3n) is 5.35. The lowest BCUT2D eigenvalue weighted by atomic mass is 9.77. The smallest absolute Gasteiger partial charge is 0.168 e. The van der Waals surface area contributed by atoms with Crippen molar-refractivity contribution < 1.29 is 13.6 Å². The quantitative estimate of drug-likeness (QED) is 0.377. The van der Waals surface area contributed by atoms with Crippen molar-refractivity contribution in [1.82, 2.24) is 0 Å². The van der Waals surface area contributed by atoms with Crippen LogP contribution < -0.4 is 0 Å². The van der Waals surface area contributed by atoms with Crippen LogP contribution >= 0.6 is 0 Å². The van der Waals surface area contributed by atoms with Crippen LogP contribution in [0.4, 0.5) is 8.78 Å². The van der Waals surface area contributed by atoms with Gasteiger partial charge in [0.1, 0.15) is 11.6 Å². The number of carbonyl (C=O) groups is 1. The van der Waals surface area contributed by atoms with E-state index in [9.17, 15) is 13.6 Å². The van der Waals surface area contributed by atoms with Crippen LogP contribution in [0.3, 0.4) is 0 Å².